The van der Waals surface area contributed by atoms with E-state index in [4.69, 9.17) is 0 Å². The standard InChI is InChI=1S/C5H10NO.K/c7-5-1-3-6-4-2-5;/h5-6H,1-4H2;/q-1;+1. The van der Waals surface area contributed by atoms with Gasteiger partial charge in [0.15, 0.2) is 0 Å². The first kappa shape index (κ1) is 9.56. The number of hydrogen-bond donors (Lipinski definition) is 1. The molecule has 1 rings (SSSR count). The molecule has 0 amide bonds. The Morgan fingerprint density at radius 1 is 1.25 bits per heavy atom. The van der Waals surface area contributed by atoms with Crippen LogP contribution in [0.3, 0.4) is 0 Å². The number of rotatable bonds is 0. The summed E-state index contributed by atoms with van der Waals surface area (Å²) in [5.74, 6) is 0. The summed E-state index contributed by atoms with van der Waals surface area (Å²) in [7, 11) is 0. The van der Waals surface area contributed by atoms with E-state index in [2.05, 4.69) is 5.32 Å². The SMILES string of the molecule is [K+].[O-]C1CCNCC1. The zero-order valence-corrected chi connectivity index (χ0v) is 8.44. The van der Waals surface area contributed by atoms with Crippen LogP contribution in [0.4, 0.5) is 0 Å². The minimum atomic E-state index is -0.277. The van der Waals surface area contributed by atoms with Gasteiger partial charge in [0.2, 0.25) is 0 Å². The predicted octanol–water partition coefficient (Wildman–Crippen LogP) is -3.90. The van der Waals surface area contributed by atoms with Gasteiger partial charge in [-0.2, -0.15) is 0 Å². The van der Waals surface area contributed by atoms with Gasteiger partial charge in [-0.15, -0.1) is 6.10 Å². The fraction of sp³-hybridized carbons (Fsp3) is 1.00. The van der Waals surface area contributed by atoms with Crippen molar-refractivity contribution in [3.63, 3.8) is 0 Å². The van der Waals surface area contributed by atoms with Crippen molar-refractivity contribution >= 4 is 0 Å². The van der Waals surface area contributed by atoms with Gasteiger partial charge in [-0.1, -0.05) is 12.8 Å². The molecule has 42 valence electrons. The van der Waals surface area contributed by atoms with Crippen molar-refractivity contribution in [3.8, 4) is 0 Å². The average molecular weight is 139 g/mol. The van der Waals surface area contributed by atoms with Gasteiger partial charge < -0.3 is 10.4 Å². The summed E-state index contributed by atoms with van der Waals surface area (Å²) in [5.41, 5.74) is 0. The molecule has 3 heteroatoms. The molecule has 1 saturated heterocycles. The van der Waals surface area contributed by atoms with Crippen molar-refractivity contribution in [3.05, 3.63) is 0 Å². The largest absolute Gasteiger partial charge is 1.00 e. The van der Waals surface area contributed by atoms with Crippen LogP contribution in [0.25, 0.3) is 0 Å². The first-order chi connectivity index (χ1) is 3.39. The van der Waals surface area contributed by atoms with Crippen molar-refractivity contribution in [2.24, 2.45) is 0 Å². The summed E-state index contributed by atoms with van der Waals surface area (Å²) in [5, 5.41) is 13.6. The predicted molar refractivity (Wildman–Crippen MR) is 25.9 cm³/mol. The Labute approximate surface area is 92.5 Å². The molecule has 0 aliphatic carbocycles. The van der Waals surface area contributed by atoms with Gasteiger partial charge in [-0.05, 0) is 13.1 Å². The summed E-state index contributed by atoms with van der Waals surface area (Å²) in [4.78, 5) is 0. The molecule has 0 aromatic heterocycles. The Kier molecular flexibility index (Phi) is 6.39. The van der Waals surface area contributed by atoms with Crippen molar-refractivity contribution in [2.75, 3.05) is 13.1 Å². The molecule has 0 atom stereocenters. The van der Waals surface area contributed by atoms with Crippen molar-refractivity contribution in [2.45, 2.75) is 18.9 Å². The third-order valence-corrected chi connectivity index (χ3v) is 1.29. The molecule has 0 saturated carbocycles. The zero-order chi connectivity index (χ0) is 5.11. The number of piperidine rings is 1. The van der Waals surface area contributed by atoms with Gasteiger partial charge >= 0.3 is 51.4 Å². The van der Waals surface area contributed by atoms with Crippen LogP contribution in [-0.4, -0.2) is 19.2 Å². The molecule has 1 heterocycles. The van der Waals surface area contributed by atoms with Crippen LogP contribution in [0.1, 0.15) is 12.8 Å². The summed E-state index contributed by atoms with van der Waals surface area (Å²) >= 11 is 0. The van der Waals surface area contributed by atoms with Crippen molar-refractivity contribution < 1.29 is 56.5 Å². The van der Waals surface area contributed by atoms with Gasteiger partial charge in [0.05, 0.1) is 0 Å². The summed E-state index contributed by atoms with van der Waals surface area (Å²) < 4.78 is 0. The van der Waals surface area contributed by atoms with E-state index >= 15 is 0 Å². The van der Waals surface area contributed by atoms with Crippen molar-refractivity contribution in [1.29, 1.82) is 0 Å². The fourth-order valence-corrected chi connectivity index (χ4v) is 0.795. The molecular formula is C5H10KNO. The fourth-order valence-electron chi connectivity index (χ4n) is 0.795. The van der Waals surface area contributed by atoms with Gasteiger partial charge in [0.25, 0.3) is 0 Å². The van der Waals surface area contributed by atoms with E-state index < -0.39 is 0 Å². The minimum Gasteiger partial charge on any atom is -0.852 e. The molecule has 2 nitrogen and oxygen atoms in total. The Hall–Kier alpha value is 1.56. The number of nitrogens with one attached hydrogen (secondary N) is 1. The summed E-state index contributed by atoms with van der Waals surface area (Å²) in [6, 6.07) is 0. The normalized spacial score (nSPS) is 22.1. The second-order valence-electron chi connectivity index (χ2n) is 1.95. The van der Waals surface area contributed by atoms with E-state index in [0.29, 0.717) is 0 Å². The zero-order valence-electron chi connectivity index (χ0n) is 5.31. The molecule has 8 heavy (non-hydrogen) atoms. The van der Waals surface area contributed by atoms with Gasteiger partial charge in [-0.3, -0.25) is 0 Å². The van der Waals surface area contributed by atoms with E-state index in [9.17, 15) is 5.11 Å². The van der Waals surface area contributed by atoms with E-state index in [1.807, 2.05) is 0 Å². The first-order valence-electron chi connectivity index (χ1n) is 2.76. The van der Waals surface area contributed by atoms with Crippen LogP contribution in [-0.2, 0) is 0 Å². The first-order valence-corrected chi connectivity index (χ1v) is 2.76. The van der Waals surface area contributed by atoms with E-state index in [1.165, 1.54) is 0 Å². The topological polar surface area (TPSA) is 35.1 Å². The molecule has 0 aromatic rings. The van der Waals surface area contributed by atoms with Gasteiger partial charge in [0.1, 0.15) is 0 Å². The molecule has 1 fully saturated rings. The van der Waals surface area contributed by atoms with Crippen LogP contribution < -0.4 is 61.8 Å². The van der Waals surface area contributed by atoms with E-state index in [-0.39, 0.29) is 57.5 Å². The summed E-state index contributed by atoms with van der Waals surface area (Å²) in [6.45, 7) is 1.85. The molecule has 0 aromatic carbocycles. The van der Waals surface area contributed by atoms with Crippen LogP contribution in [0.5, 0.6) is 0 Å². The Balaban J connectivity index is 0.000000490. The molecule has 1 aliphatic rings. The second-order valence-corrected chi connectivity index (χ2v) is 1.95. The molecule has 1 aliphatic heterocycles. The minimum absolute atomic E-state index is 0. The van der Waals surface area contributed by atoms with Crippen LogP contribution >= 0.6 is 0 Å². The molecule has 0 radical (unpaired) electrons. The Morgan fingerprint density at radius 2 is 1.75 bits per heavy atom. The van der Waals surface area contributed by atoms with E-state index in [1.54, 1.807) is 0 Å². The molecule has 0 unspecified atom stereocenters. The maximum atomic E-state index is 10.5. The monoisotopic (exact) mass is 139 g/mol. The smallest absolute Gasteiger partial charge is 0.852 e. The Morgan fingerprint density at radius 3 is 2.00 bits per heavy atom. The quantitative estimate of drug-likeness (QED) is 0.348. The maximum absolute atomic E-state index is 10.5. The van der Waals surface area contributed by atoms with Crippen LogP contribution in [0, 0.1) is 0 Å². The van der Waals surface area contributed by atoms with Gasteiger partial charge in [0, 0.05) is 0 Å². The van der Waals surface area contributed by atoms with Crippen LogP contribution in [0.2, 0.25) is 0 Å². The molecule has 0 bridgehead atoms. The van der Waals surface area contributed by atoms with Gasteiger partial charge in [-0.25, -0.2) is 0 Å². The average Bonchev–Trinajstić information content (AvgIpc) is 1.69. The third kappa shape index (κ3) is 3.56. The third-order valence-electron chi connectivity index (χ3n) is 1.29. The van der Waals surface area contributed by atoms with Crippen LogP contribution in [0.15, 0.2) is 0 Å². The maximum Gasteiger partial charge on any atom is 1.00 e. The Bertz CT molecular complexity index is 54.4. The molecular weight excluding hydrogens is 129 g/mol. The summed E-state index contributed by atoms with van der Waals surface area (Å²) in [6.07, 6.45) is 1.36. The molecule has 1 N–H and O–H groups in total. The number of hydrogen-bond acceptors (Lipinski definition) is 2. The second kappa shape index (κ2) is 5.35. The molecule has 0 spiro atoms. The van der Waals surface area contributed by atoms with Crippen molar-refractivity contribution in [1.82, 2.24) is 5.32 Å². The van der Waals surface area contributed by atoms with E-state index in [0.717, 1.165) is 25.9 Å².